The van der Waals surface area contributed by atoms with Crippen LogP contribution in [0, 0.1) is 11.6 Å². The van der Waals surface area contributed by atoms with Gasteiger partial charge in [0.25, 0.3) is 17.7 Å². The van der Waals surface area contributed by atoms with Gasteiger partial charge in [0.05, 0.1) is 38.3 Å². The Kier molecular flexibility index (Phi) is 7.13. The zero-order chi connectivity index (χ0) is 31.5. The smallest absolute Gasteiger partial charge is 0.416 e. The van der Waals surface area contributed by atoms with Crippen LogP contribution in [0.1, 0.15) is 36.6 Å². The number of ether oxygens (including phenoxy) is 1. The van der Waals surface area contributed by atoms with Crippen molar-refractivity contribution in [2.24, 2.45) is 0 Å². The van der Waals surface area contributed by atoms with Crippen molar-refractivity contribution < 1.29 is 41.1 Å². The van der Waals surface area contributed by atoms with E-state index >= 15 is 0 Å². The zero-order valence-electron chi connectivity index (χ0n) is 21.5. The molecule has 0 saturated heterocycles. The number of nitrogens with zero attached hydrogens (tertiary/aromatic N) is 2. The topological polar surface area (TPSA) is 104 Å². The van der Waals surface area contributed by atoms with E-state index in [1.807, 2.05) is 0 Å². The number of rotatable bonds is 5. The molecule has 3 amide bonds. The van der Waals surface area contributed by atoms with Crippen molar-refractivity contribution in [3.8, 4) is 11.5 Å². The standard InChI is InChI=1S/C29H13BrClF5N4O4/c30-18-11-20(37-26(41)12-7-13(29(34,35)36)9-15(33)8-12)24(44-21-10-14(32)5-6-19(21)31)22-23(18)38-39-25(22)40-27(42)16-3-1-2-4-17(16)28(40)43/h1-11H,(H,37,41)(H,38,39). The van der Waals surface area contributed by atoms with Crippen LogP contribution in [0.3, 0.4) is 0 Å². The van der Waals surface area contributed by atoms with Crippen LogP contribution >= 0.6 is 27.5 Å². The molecule has 8 nitrogen and oxygen atoms in total. The number of alkyl halides is 3. The summed E-state index contributed by atoms with van der Waals surface area (Å²) in [5.41, 5.74) is -1.98. The highest BCUT2D eigenvalue weighted by Crippen LogP contribution is 2.47. The Morgan fingerprint density at radius 3 is 2.30 bits per heavy atom. The minimum Gasteiger partial charge on any atom is -0.453 e. The summed E-state index contributed by atoms with van der Waals surface area (Å²) in [6, 6.07) is 11.8. The van der Waals surface area contributed by atoms with Gasteiger partial charge in [-0.05, 0) is 64.5 Å². The van der Waals surface area contributed by atoms with E-state index < -0.39 is 46.7 Å². The number of fused-ring (bicyclic) bond motifs is 2. The van der Waals surface area contributed by atoms with Gasteiger partial charge in [0.2, 0.25) is 0 Å². The van der Waals surface area contributed by atoms with Crippen molar-refractivity contribution in [1.82, 2.24) is 10.2 Å². The molecule has 44 heavy (non-hydrogen) atoms. The number of carbonyl (C=O) groups is 3. The molecular weight excluding hydrogens is 679 g/mol. The van der Waals surface area contributed by atoms with Crippen molar-refractivity contribution in [3.63, 3.8) is 0 Å². The normalized spacial score (nSPS) is 13.0. The number of nitrogens with one attached hydrogen (secondary N) is 2. The number of H-pyrrole nitrogens is 1. The molecule has 0 aliphatic carbocycles. The summed E-state index contributed by atoms with van der Waals surface area (Å²) in [6.07, 6.45) is -4.94. The van der Waals surface area contributed by atoms with E-state index in [2.05, 4.69) is 31.4 Å². The van der Waals surface area contributed by atoms with Crippen molar-refractivity contribution in [2.75, 3.05) is 10.2 Å². The molecule has 0 radical (unpaired) electrons. The van der Waals surface area contributed by atoms with E-state index in [4.69, 9.17) is 16.3 Å². The number of aromatic amines is 1. The van der Waals surface area contributed by atoms with Crippen LogP contribution in [-0.2, 0) is 6.18 Å². The van der Waals surface area contributed by atoms with Crippen LogP contribution in [0.5, 0.6) is 11.5 Å². The summed E-state index contributed by atoms with van der Waals surface area (Å²) in [5, 5.41) is 9.05. The zero-order valence-corrected chi connectivity index (χ0v) is 23.9. The summed E-state index contributed by atoms with van der Waals surface area (Å²) in [7, 11) is 0. The predicted molar refractivity (Wildman–Crippen MR) is 152 cm³/mol. The monoisotopic (exact) mass is 690 g/mol. The number of imide groups is 1. The number of amides is 3. The second-order valence-corrected chi connectivity index (χ2v) is 10.6. The lowest BCUT2D eigenvalue weighted by Gasteiger charge is -2.18. The Morgan fingerprint density at radius 1 is 0.955 bits per heavy atom. The number of halogens is 7. The van der Waals surface area contributed by atoms with E-state index in [0.717, 1.165) is 17.0 Å². The molecule has 15 heteroatoms. The second-order valence-electron chi connectivity index (χ2n) is 9.38. The van der Waals surface area contributed by atoms with E-state index in [9.17, 15) is 36.3 Å². The average Bonchev–Trinajstić information content (AvgIpc) is 3.51. The summed E-state index contributed by atoms with van der Waals surface area (Å²) in [4.78, 5) is 40.6. The van der Waals surface area contributed by atoms with Gasteiger partial charge in [-0.2, -0.15) is 18.3 Å². The largest absolute Gasteiger partial charge is 0.453 e. The maximum Gasteiger partial charge on any atom is 0.416 e. The number of carbonyl (C=O) groups excluding carboxylic acids is 3. The Bertz CT molecular complexity index is 2010. The van der Waals surface area contributed by atoms with Crippen molar-refractivity contribution in [2.45, 2.75) is 6.18 Å². The molecule has 0 bridgehead atoms. The van der Waals surface area contributed by atoms with Gasteiger partial charge in [-0.15, -0.1) is 0 Å². The SMILES string of the molecule is O=C(Nc1cc(Br)c2[nH]nc(N3C(=O)c4ccccc4C3=O)c2c1Oc1cc(F)ccc1Cl)c1cc(F)cc(C(F)(F)F)c1. The van der Waals surface area contributed by atoms with Gasteiger partial charge in [-0.1, -0.05) is 23.7 Å². The first kappa shape index (κ1) is 29.3. The maximum atomic E-state index is 14.2. The van der Waals surface area contributed by atoms with Gasteiger partial charge >= 0.3 is 6.18 Å². The third-order valence-electron chi connectivity index (χ3n) is 6.58. The minimum atomic E-state index is -4.94. The van der Waals surface area contributed by atoms with E-state index in [0.29, 0.717) is 12.1 Å². The van der Waals surface area contributed by atoms with Crippen LogP contribution in [0.4, 0.5) is 33.5 Å². The molecule has 0 unspecified atom stereocenters. The number of aromatic nitrogens is 2. The molecule has 0 fully saturated rings. The fraction of sp³-hybridized carbons (Fsp3) is 0.0345. The van der Waals surface area contributed by atoms with Crippen molar-refractivity contribution in [3.05, 3.63) is 110 Å². The fourth-order valence-electron chi connectivity index (χ4n) is 4.61. The van der Waals surface area contributed by atoms with Crippen LogP contribution in [0.2, 0.25) is 5.02 Å². The van der Waals surface area contributed by atoms with Gasteiger partial charge in [0.15, 0.2) is 11.6 Å². The molecule has 5 aromatic rings. The van der Waals surface area contributed by atoms with Gasteiger partial charge < -0.3 is 10.1 Å². The minimum absolute atomic E-state index is 0.0697. The molecular formula is C29H13BrClF5N4O4. The molecule has 1 aliphatic rings. The lowest BCUT2D eigenvalue weighted by Crippen LogP contribution is -2.30. The quantitative estimate of drug-likeness (QED) is 0.143. The molecule has 222 valence electrons. The third kappa shape index (κ3) is 5.05. The van der Waals surface area contributed by atoms with Crippen LogP contribution < -0.4 is 15.0 Å². The van der Waals surface area contributed by atoms with Crippen LogP contribution in [-0.4, -0.2) is 27.9 Å². The Hall–Kier alpha value is -4.82. The van der Waals surface area contributed by atoms with Gasteiger partial charge in [0, 0.05) is 16.1 Å². The summed E-state index contributed by atoms with van der Waals surface area (Å²) >= 11 is 9.54. The highest BCUT2D eigenvalue weighted by Gasteiger charge is 2.40. The van der Waals surface area contributed by atoms with Crippen molar-refractivity contribution >= 4 is 67.7 Å². The number of benzene rings is 4. The maximum absolute atomic E-state index is 14.2. The molecule has 1 aromatic heterocycles. The van der Waals surface area contributed by atoms with Gasteiger partial charge in [-0.3, -0.25) is 19.5 Å². The van der Waals surface area contributed by atoms with E-state index in [-0.39, 0.29) is 60.6 Å². The van der Waals surface area contributed by atoms with E-state index in [1.54, 1.807) is 12.1 Å². The second kappa shape index (κ2) is 10.7. The summed E-state index contributed by atoms with van der Waals surface area (Å²) in [6.45, 7) is 0. The van der Waals surface area contributed by atoms with Gasteiger partial charge in [0.1, 0.15) is 17.4 Å². The van der Waals surface area contributed by atoms with Crippen molar-refractivity contribution in [1.29, 1.82) is 0 Å². The molecule has 0 spiro atoms. The first-order chi connectivity index (χ1) is 20.8. The Morgan fingerprint density at radius 2 is 1.64 bits per heavy atom. The molecule has 0 atom stereocenters. The highest BCUT2D eigenvalue weighted by atomic mass is 79.9. The molecule has 0 saturated carbocycles. The average molecular weight is 692 g/mol. The summed E-state index contributed by atoms with van der Waals surface area (Å²) < 4.78 is 74.4. The van der Waals surface area contributed by atoms with Crippen LogP contribution in [0.15, 0.2) is 71.2 Å². The summed E-state index contributed by atoms with van der Waals surface area (Å²) in [5.74, 6) is -5.54. The Balaban J connectivity index is 1.54. The number of anilines is 2. The predicted octanol–water partition coefficient (Wildman–Crippen LogP) is 8.12. The lowest BCUT2D eigenvalue weighted by molar-refractivity contribution is -0.137. The van der Waals surface area contributed by atoms with Crippen LogP contribution in [0.25, 0.3) is 10.9 Å². The first-order valence-electron chi connectivity index (χ1n) is 12.3. The highest BCUT2D eigenvalue weighted by molar-refractivity contribution is 9.10. The van der Waals surface area contributed by atoms with Gasteiger partial charge in [-0.25, -0.2) is 13.7 Å². The Labute approximate surface area is 256 Å². The number of hydrogen-bond acceptors (Lipinski definition) is 5. The molecule has 2 N–H and O–H groups in total. The third-order valence-corrected chi connectivity index (χ3v) is 7.51. The number of hydrogen-bond donors (Lipinski definition) is 2. The molecule has 1 aliphatic heterocycles. The first-order valence-corrected chi connectivity index (χ1v) is 13.5. The molecule has 6 rings (SSSR count). The fourth-order valence-corrected chi connectivity index (χ4v) is 5.28. The molecule has 4 aromatic carbocycles. The van der Waals surface area contributed by atoms with E-state index in [1.165, 1.54) is 24.3 Å². The molecule has 2 heterocycles. The lowest BCUT2D eigenvalue weighted by atomic mass is 10.1.